The maximum atomic E-state index is 4.47. The molecule has 2 aromatic heterocycles. The van der Waals surface area contributed by atoms with E-state index in [1.165, 1.54) is 5.56 Å². The van der Waals surface area contributed by atoms with Gasteiger partial charge in [-0.1, -0.05) is 0 Å². The zero-order chi connectivity index (χ0) is 11.0. The van der Waals surface area contributed by atoms with Crippen molar-refractivity contribution in [3.63, 3.8) is 0 Å². The molecule has 2 rings (SSSR count). The fourth-order valence-electron chi connectivity index (χ4n) is 1.46. The van der Waals surface area contributed by atoms with Crippen molar-refractivity contribution in [2.24, 2.45) is 0 Å². The van der Waals surface area contributed by atoms with Gasteiger partial charge in [0.25, 0.3) is 0 Å². The molecule has 0 saturated carbocycles. The summed E-state index contributed by atoms with van der Waals surface area (Å²) in [5.74, 6) is 0.862. The molecule has 0 spiro atoms. The molecule has 15 heavy (non-hydrogen) atoms. The molecule has 0 saturated heterocycles. The highest BCUT2D eigenvalue weighted by atomic mass is 79.9. The summed E-state index contributed by atoms with van der Waals surface area (Å²) in [6.45, 7) is 6.00. The lowest BCUT2D eigenvalue weighted by atomic mass is 10.2. The van der Waals surface area contributed by atoms with Crippen molar-refractivity contribution in [3.05, 3.63) is 39.8 Å². The minimum absolute atomic E-state index is 0.862. The van der Waals surface area contributed by atoms with E-state index in [2.05, 4.69) is 32.9 Å². The van der Waals surface area contributed by atoms with Gasteiger partial charge in [0, 0.05) is 10.7 Å². The van der Waals surface area contributed by atoms with Gasteiger partial charge in [-0.3, -0.25) is 0 Å². The van der Waals surface area contributed by atoms with E-state index in [0.717, 1.165) is 21.7 Å². The van der Waals surface area contributed by atoms with E-state index in [1.54, 1.807) is 4.68 Å². The van der Waals surface area contributed by atoms with Gasteiger partial charge in [-0.05, 0) is 54.4 Å². The number of aromatic nitrogens is 3. The van der Waals surface area contributed by atoms with Crippen LogP contribution in [0.4, 0.5) is 0 Å². The summed E-state index contributed by atoms with van der Waals surface area (Å²) in [5, 5.41) is 4.33. The van der Waals surface area contributed by atoms with Crippen LogP contribution in [-0.2, 0) is 0 Å². The average molecular weight is 266 g/mol. The molecule has 0 aliphatic rings. The number of hydrogen-bond acceptors (Lipinski definition) is 2. The summed E-state index contributed by atoms with van der Waals surface area (Å²) in [4.78, 5) is 4.47. The standard InChI is InChI=1S/C11H12BrN3/c1-7-6-10(13-9(3)11(7)12)15-5-4-8(2)14-15/h4-6H,1-3H3. The zero-order valence-corrected chi connectivity index (χ0v) is 10.5. The molecule has 4 heteroatoms. The lowest BCUT2D eigenvalue weighted by molar-refractivity contribution is 0.823. The third-order valence-electron chi connectivity index (χ3n) is 2.25. The van der Waals surface area contributed by atoms with Crippen LogP contribution in [0.25, 0.3) is 5.82 Å². The van der Waals surface area contributed by atoms with Crippen LogP contribution in [0.15, 0.2) is 22.8 Å². The van der Waals surface area contributed by atoms with Crippen LogP contribution in [0.1, 0.15) is 17.0 Å². The molecule has 2 heterocycles. The van der Waals surface area contributed by atoms with Crippen molar-refractivity contribution in [3.8, 4) is 5.82 Å². The Morgan fingerprint density at radius 1 is 1.27 bits per heavy atom. The lowest BCUT2D eigenvalue weighted by Crippen LogP contribution is -2.01. The van der Waals surface area contributed by atoms with Crippen LogP contribution < -0.4 is 0 Å². The van der Waals surface area contributed by atoms with E-state index in [0.29, 0.717) is 0 Å². The molecular formula is C11H12BrN3. The Kier molecular flexibility index (Phi) is 2.61. The first-order chi connectivity index (χ1) is 7.08. The molecule has 0 unspecified atom stereocenters. The molecule has 2 aromatic rings. The fourth-order valence-corrected chi connectivity index (χ4v) is 1.66. The summed E-state index contributed by atoms with van der Waals surface area (Å²) in [7, 11) is 0. The largest absolute Gasteiger partial charge is 0.233 e. The summed E-state index contributed by atoms with van der Waals surface area (Å²) >= 11 is 3.50. The molecule has 0 amide bonds. The van der Waals surface area contributed by atoms with Crippen LogP contribution in [0.3, 0.4) is 0 Å². The van der Waals surface area contributed by atoms with Crippen LogP contribution in [0.5, 0.6) is 0 Å². The molecular weight excluding hydrogens is 254 g/mol. The summed E-state index contributed by atoms with van der Waals surface area (Å²) < 4.78 is 2.86. The van der Waals surface area contributed by atoms with Gasteiger partial charge in [0.05, 0.1) is 11.4 Å². The third-order valence-corrected chi connectivity index (χ3v) is 3.45. The van der Waals surface area contributed by atoms with E-state index in [4.69, 9.17) is 0 Å². The third kappa shape index (κ3) is 1.95. The topological polar surface area (TPSA) is 30.7 Å². The van der Waals surface area contributed by atoms with E-state index in [1.807, 2.05) is 32.2 Å². The van der Waals surface area contributed by atoms with Crippen molar-refractivity contribution in [1.29, 1.82) is 0 Å². The smallest absolute Gasteiger partial charge is 0.153 e. The molecule has 0 radical (unpaired) electrons. The first-order valence-corrected chi connectivity index (χ1v) is 5.53. The quantitative estimate of drug-likeness (QED) is 0.794. The molecule has 0 atom stereocenters. The molecule has 0 aliphatic carbocycles. The predicted octanol–water partition coefficient (Wildman–Crippen LogP) is 2.96. The minimum atomic E-state index is 0.862. The predicted molar refractivity (Wildman–Crippen MR) is 63.3 cm³/mol. The van der Waals surface area contributed by atoms with Crippen molar-refractivity contribution >= 4 is 15.9 Å². The van der Waals surface area contributed by atoms with Gasteiger partial charge in [0.2, 0.25) is 0 Å². The molecule has 0 N–H and O–H groups in total. The molecule has 0 fully saturated rings. The van der Waals surface area contributed by atoms with Crippen molar-refractivity contribution < 1.29 is 0 Å². The number of hydrogen-bond donors (Lipinski definition) is 0. The van der Waals surface area contributed by atoms with Crippen LogP contribution >= 0.6 is 15.9 Å². The second-order valence-corrected chi connectivity index (χ2v) is 4.39. The van der Waals surface area contributed by atoms with E-state index in [-0.39, 0.29) is 0 Å². The van der Waals surface area contributed by atoms with Gasteiger partial charge in [-0.15, -0.1) is 0 Å². The highest BCUT2D eigenvalue weighted by Crippen LogP contribution is 2.21. The number of nitrogens with zero attached hydrogens (tertiary/aromatic N) is 3. The van der Waals surface area contributed by atoms with Gasteiger partial charge >= 0.3 is 0 Å². The Balaban J connectivity index is 2.55. The molecule has 0 aliphatic heterocycles. The van der Waals surface area contributed by atoms with E-state index in [9.17, 15) is 0 Å². The summed E-state index contributed by atoms with van der Waals surface area (Å²) in [5.41, 5.74) is 3.15. The minimum Gasteiger partial charge on any atom is -0.233 e. The van der Waals surface area contributed by atoms with Crippen molar-refractivity contribution in [2.45, 2.75) is 20.8 Å². The Morgan fingerprint density at radius 2 is 2.00 bits per heavy atom. The van der Waals surface area contributed by atoms with Crippen molar-refractivity contribution in [1.82, 2.24) is 14.8 Å². The van der Waals surface area contributed by atoms with Gasteiger partial charge in [-0.25, -0.2) is 9.67 Å². The normalized spacial score (nSPS) is 10.7. The Hall–Kier alpha value is -1.16. The van der Waals surface area contributed by atoms with E-state index < -0.39 is 0 Å². The highest BCUT2D eigenvalue weighted by molar-refractivity contribution is 9.10. The first-order valence-electron chi connectivity index (χ1n) is 4.74. The molecule has 3 nitrogen and oxygen atoms in total. The van der Waals surface area contributed by atoms with Gasteiger partial charge < -0.3 is 0 Å². The van der Waals surface area contributed by atoms with Gasteiger partial charge in [-0.2, -0.15) is 5.10 Å². The summed E-state index contributed by atoms with van der Waals surface area (Å²) in [6.07, 6.45) is 1.92. The van der Waals surface area contributed by atoms with Crippen molar-refractivity contribution in [2.75, 3.05) is 0 Å². The monoisotopic (exact) mass is 265 g/mol. The first kappa shape index (κ1) is 10.4. The number of rotatable bonds is 1. The second kappa shape index (κ2) is 3.77. The number of halogens is 1. The lowest BCUT2D eigenvalue weighted by Gasteiger charge is -2.06. The zero-order valence-electron chi connectivity index (χ0n) is 8.95. The van der Waals surface area contributed by atoms with E-state index >= 15 is 0 Å². The number of aryl methyl sites for hydroxylation is 3. The molecule has 0 bridgehead atoms. The van der Waals surface area contributed by atoms with Crippen LogP contribution in [0, 0.1) is 20.8 Å². The molecule has 0 aromatic carbocycles. The maximum absolute atomic E-state index is 4.47. The summed E-state index contributed by atoms with van der Waals surface area (Å²) in [6, 6.07) is 3.98. The Labute approximate surface area is 97.3 Å². The van der Waals surface area contributed by atoms with Gasteiger partial charge in [0.1, 0.15) is 0 Å². The number of pyridine rings is 1. The highest BCUT2D eigenvalue weighted by Gasteiger charge is 2.05. The maximum Gasteiger partial charge on any atom is 0.153 e. The van der Waals surface area contributed by atoms with Crippen LogP contribution in [-0.4, -0.2) is 14.8 Å². The fraction of sp³-hybridized carbons (Fsp3) is 0.273. The Bertz CT molecular complexity index is 479. The SMILES string of the molecule is Cc1ccn(-c2cc(C)c(Br)c(C)n2)n1. The Morgan fingerprint density at radius 3 is 2.53 bits per heavy atom. The van der Waals surface area contributed by atoms with Gasteiger partial charge in [0.15, 0.2) is 5.82 Å². The second-order valence-electron chi connectivity index (χ2n) is 3.60. The molecule has 78 valence electrons. The average Bonchev–Trinajstić information content (AvgIpc) is 2.60. The van der Waals surface area contributed by atoms with Crippen LogP contribution in [0.2, 0.25) is 0 Å².